The van der Waals surface area contributed by atoms with Crippen molar-refractivity contribution in [3.05, 3.63) is 12.2 Å². The largest absolute Gasteiger partial charge is 0.470 e. The minimum absolute atomic E-state index is 0.0520. The second-order valence-electron chi connectivity index (χ2n) is 26.1. The number of carbonyl (C=O) groups is 1. The van der Waals surface area contributed by atoms with Crippen molar-refractivity contribution >= 4 is 21.6 Å². The molecular weight excluding hydrogens is 1240 g/mol. The van der Waals surface area contributed by atoms with Crippen molar-refractivity contribution in [1.29, 1.82) is 0 Å². The van der Waals surface area contributed by atoms with Crippen LogP contribution in [0.25, 0.3) is 0 Å². The average Bonchev–Trinajstić information content (AvgIpc) is 0.823. The number of aliphatic hydroxyl groups excluding tert-OH is 2. The molecule has 2 aliphatic heterocycles. The molecule has 0 spiro atoms. The molecule has 93 heavy (non-hydrogen) atoms. The van der Waals surface area contributed by atoms with Crippen LogP contribution in [0.3, 0.4) is 0 Å². The maximum Gasteiger partial charge on any atom is 0.470 e. The maximum atomic E-state index is 14.2. The van der Waals surface area contributed by atoms with E-state index >= 15 is 0 Å². The summed E-state index contributed by atoms with van der Waals surface area (Å²) < 4.78 is 91.7. The molecule has 2 rings (SSSR count). The van der Waals surface area contributed by atoms with E-state index in [1.54, 1.807) is 7.11 Å². The molecule has 0 unspecified atom stereocenters. The van der Waals surface area contributed by atoms with Gasteiger partial charge in [0.2, 0.25) is 5.91 Å². The molecule has 2 heterocycles. The Kier molecular flexibility index (Phi) is 54.7. The average molecular weight is 1370 g/mol. The molecule has 12 atom stereocenters. The maximum absolute atomic E-state index is 14.2. The Labute approximate surface area is 563 Å². The summed E-state index contributed by atoms with van der Waals surface area (Å²) in [4.78, 5) is 54.1. The van der Waals surface area contributed by atoms with Gasteiger partial charge in [0.05, 0.1) is 38.6 Å². The van der Waals surface area contributed by atoms with Gasteiger partial charge in [-0.25, -0.2) is 9.13 Å². The third kappa shape index (κ3) is 45.4. The summed E-state index contributed by atoms with van der Waals surface area (Å²) in [5.74, 6) is -0.368. The van der Waals surface area contributed by atoms with E-state index in [0.717, 1.165) is 135 Å². The first-order valence-electron chi connectivity index (χ1n) is 37.2. The van der Waals surface area contributed by atoms with Crippen LogP contribution in [-0.4, -0.2) is 170 Å². The van der Waals surface area contributed by atoms with Crippen LogP contribution < -0.4 is 5.32 Å². The summed E-state index contributed by atoms with van der Waals surface area (Å²) in [5, 5.41) is 26.6. The second-order valence-corrected chi connectivity index (χ2v) is 28.6. The number of unbranched alkanes of at least 4 members (excludes halogenated alkanes) is 32. The van der Waals surface area contributed by atoms with Gasteiger partial charge in [0.25, 0.3) is 0 Å². The molecule has 0 bridgehead atoms. The molecule has 2 fully saturated rings. The van der Waals surface area contributed by atoms with Crippen LogP contribution in [0.15, 0.2) is 12.2 Å². The summed E-state index contributed by atoms with van der Waals surface area (Å²) in [6, 6.07) is -1.23. The van der Waals surface area contributed by atoms with Crippen molar-refractivity contribution in [1.82, 2.24) is 5.32 Å². The Morgan fingerprint density at radius 2 is 0.935 bits per heavy atom. The Bertz CT molecular complexity index is 1850. The van der Waals surface area contributed by atoms with E-state index in [4.69, 9.17) is 51.7 Å². The SMILES string of the molecule is CCCCCC/C=C/CCCCCCCCCC(=O)N[C@H]1[C@H](OC[C@H]2O[C@H](OCCOP(=O)(O)O)[C@H](OCC[C@H](O)CCCCCCCCCCC)[C@@H](OCCCCCCCCCCCC)[C@@H]2O)O[C@H](COC)[C@@H](OP(=O)(O)O)[C@@H]1OCC[C@@H](CCCCCCC)OC. The Morgan fingerprint density at radius 3 is 1.47 bits per heavy atom. The number of nitrogens with one attached hydrogen (secondary N) is 1. The number of ether oxygens (including phenoxy) is 9. The number of phosphoric ester groups is 2. The fourth-order valence-corrected chi connectivity index (χ4v) is 13.2. The quantitative estimate of drug-likeness (QED) is 0.0169. The number of aliphatic hydroxyl groups is 2. The first-order chi connectivity index (χ1) is 45.0. The third-order valence-electron chi connectivity index (χ3n) is 17.8. The Hall–Kier alpha value is -1.01. The second kappa shape index (κ2) is 57.7. The molecule has 7 N–H and O–H groups in total. The fraction of sp³-hybridized carbons (Fsp3) is 0.957. The lowest BCUT2D eigenvalue weighted by Gasteiger charge is -2.47. The van der Waals surface area contributed by atoms with Crippen LogP contribution in [0.2, 0.25) is 0 Å². The molecule has 0 saturated carbocycles. The molecule has 552 valence electrons. The molecule has 2 aliphatic rings. The lowest BCUT2D eigenvalue weighted by Crippen LogP contribution is -2.67. The number of methoxy groups -OCH3 is 2. The molecule has 0 aromatic heterocycles. The van der Waals surface area contributed by atoms with Crippen molar-refractivity contribution < 1.29 is 95.4 Å². The van der Waals surface area contributed by atoms with Gasteiger partial charge in [-0.3, -0.25) is 13.8 Å². The van der Waals surface area contributed by atoms with E-state index in [1.807, 2.05) is 0 Å². The van der Waals surface area contributed by atoms with Gasteiger partial charge in [0, 0.05) is 40.5 Å². The molecule has 0 aliphatic carbocycles. The van der Waals surface area contributed by atoms with Crippen molar-refractivity contribution in [3.63, 3.8) is 0 Å². The zero-order valence-electron chi connectivity index (χ0n) is 59.0. The van der Waals surface area contributed by atoms with Crippen LogP contribution >= 0.6 is 15.6 Å². The van der Waals surface area contributed by atoms with Crippen LogP contribution in [0.4, 0.5) is 0 Å². The molecule has 0 aromatic rings. The van der Waals surface area contributed by atoms with E-state index in [-0.39, 0.29) is 57.9 Å². The van der Waals surface area contributed by atoms with Gasteiger partial charge in [-0.15, -0.1) is 0 Å². The van der Waals surface area contributed by atoms with Gasteiger partial charge >= 0.3 is 15.6 Å². The molecule has 0 aromatic carbocycles. The summed E-state index contributed by atoms with van der Waals surface area (Å²) in [7, 11) is -7.07. The third-order valence-corrected chi connectivity index (χ3v) is 18.9. The number of hydrogen-bond donors (Lipinski definition) is 7. The minimum atomic E-state index is -5.23. The number of allylic oxidation sites excluding steroid dienone is 2. The van der Waals surface area contributed by atoms with E-state index in [9.17, 15) is 43.7 Å². The van der Waals surface area contributed by atoms with Gasteiger partial charge in [-0.1, -0.05) is 239 Å². The van der Waals surface area contributed by atoms with Gasteiger partial charge in [-0.2, -0.15) is 0 Å². The first-order valence-corrected chi connectivity index (χ1v) is 40.2. The molecule has 1 amide bonds. The van der Waals surface area contributed by atoms with Crippen LogP contribution in [0.5, 0.6) is 0 Å². The highest BCUT2D eigenvalue weighted by Crippen LogP contribution is 2.43. The molecule has 0 radical (unpaired) electrons. The lowest BCUT2D eigenvalue weighted by atomic mass is 9.95. The van der Waals surface area contributed by atoms with Crippen LogP contribution in [0.1, 0.15) is 297 Å². The topological polar surface area (TPSA) is 286 Å². The normalized spacial score (nSPS) is 22.9. The standard InChI is InChI=1S/C70H137NO20P2/c1-7-11-15-19-22-25-27-28-29-30-31-33-36-40-44-48-62(73)71-63-66(84-53-50-59(82-6)47-43-38-18-14-10-4)65(91-93(78,79)80)61(56-81-5)90-69(63)87-57-60-64(74)67(83-51-45-41-37-34-26-23-20-16-12-8-2)68(70(89-60)86-54-55-88-92(75,76)77)85-52-49-58(72)46-42-39-35-32-24-21-17-13-9-3/h25,27,58-61,63-70,72,74H,7-24,26,28-57H2,1-6H3,(H,71,73)(H2,75,76,77)(H2,78,79,80)/b27-25+/t58-,59-,60-,61-,63-,64-,65-,66-,67+,68-,69-,70+/m1/s1. The zero-order valence-corrected chi connectivity index (χ0v) is 60.8. The van der Waals surface area contributed by atoms with Crippen molar-refractivity contribution in [2.24, 2.45) is 0 Å². The highest BCUT2D eigenvalue weighted by atomic mass is 31.2. The number of hydrogen-bond acceptors (Lipinski definition) is 16. The summed E-state index contributed by atoms with van der Waals surface area (Å²) in [6.45, 7) is 7.66. The predicted molar refractivity (Wildman–Crippen MR) is 366 cm³/mol. The molecule has 23 heteroatoms. The highest BCUT2D eigenvalue weighted by Gasteiger charge is 2.53. The van der Waals surface area contributed by atoms with Gasteiger partial charge in [0.15, 0.2) is 12.6 Å². The fourth-order valence-electron chi connectivity index (χ4n) is 12.3. The summed E-state index contributed by atoms with van der Waals surface area (Å²) >= 11 is 0. The zero-order chi connectivity index (χ0) is 68.1. The van der Waals surface area contributed by atoms with Gasteiger partial charge in [0.1, 0.15) is 48.8 Å². The van der Waals surface area contributed by atoms with E-state index in [1.165, 1.54) is 103 Å². The summed E-state index contributed by atoms with van der Waals surface area (Å²) in [5.41, 5.74) is 0. The lowest BCUT2D eigenvalue weighted by molar-refractivity contribution is -0.331. The molecule has 21 nitrogen and oxygen atoms in total. The predicted octanol–water partition coefficient (Wildman–Crippen LogP) is 15.1. The van der Waals surface area contributed by atoms with Crippen molar-refractivity contribution in [2.75, 3.05) is 60.5 Å². The van der Waals surface area contributed by atoms with E-state index < -0.39 is 96.3 Å². The molecular formula is C70H137NO20P2. The first kappa shape index (κ1) is 88.1. The number of rotatable bonds is 65. The van der Waals surface area contributed by atoms with Gasteiger partial charge in [-0.05, 0) is 64.2 Å². The minimum Gasteiger partial charge on any atom is -0.393 e. The number of amides is 1. The molecule has 2 saturated heterocycles. The monoisotopic (exact) mass is 1370 g/mol. The van der Waals surface area contributed by atoms with E-state index in [0.29, 0.717) is 25.7 Å². The number of carbonyl (C=O) groups excluding carboxylic acids is 1. The Balaban J connectivity index is 2.47. The smallest absolute Gasteiger partial charge is 0.393 e. The number of phosphoric acid groups is 2. The van der Waals surface area contributed by atoms with E-state index in [2.05, 4.69) is 45.2 Å². The van der Waals surface area contributed by atoms with Crippen LogP contribution in [-0.2, 0) is 65.6 Å². The van der Waals surface area contributed by atoms with Crippen molar-refractivity contribution in [2.45, 2.75) is 371 Å². The van der Waals surface area contributed by atoms with Crippen LogP contribution in [0, 0.1) is 0 Å². The van der Waals surface area contributed by atoms with Gasteiger partial charge < -0.3 is 77.7 Å². The Morgan fingerprint density at radius 1 is 0.462 bits per heavy atom. The highest BCUT2D eigenvalue weighted by molar-refractivity contribution is 7.46. The van der Waals surface area contributed by atoms with Crippen molar-refractivity contribution in [3.8, 4) is 0 Å². The summed E-state index contributed by atoms with van der Waals surface area (Å²) in [6.07, 6.45) is 35.4.